The molecule has 194 valence electrons. The van der Waals surface area contributed by atoms with Gasteiger partial charge in [0, 0.05) is 13.0 Å². The Labute approximate surface area is 200 Å². The molecule has 1 aliphatic rings. The molecule has 0 bridgehead atoms. The minimum atomic E-state index is -1.41. The maximum Gasteiger partial charge on any atom is 0.305 e. The van der Waals surface area contributed by atoms with Crippen LogP contribution < -0.4 is 0 Å². The number of aliphatic hydroxyl groups excluding tert-OH is 3. The van der Waals surface area contributed by atoms with Crippen LogP contribution in [0.3, 0.4) is 0 Å². The first-order valence-corrected chi connectivity index (χ1v) is 13.1. The van der Waals surface area contributed by atoms with Crippen LogP contribution in [0.4, 0.5) is 0 Å². The van der Waals surface area contributed by atoms with Crippen molar-refractivity contribution in [1.29, 1.82) is 0 Å². The fourth-order valence-corrected chi connectivity index (χ4v) is 3.94. The van der Waals surface area contributed by atoms with Gasteiger partial charge in [-0.1, -0.05) is 70.4 Å². The van der Waals surface area contributed by atoms with Crippen molar-refractivity contribution in [2.75, 3.05) is 13.2 Å². The topological polar surface area (TPSA) is 105 Å². The molecule has 1 fully saturated rings. The number of carbonyl (C=O) groups excluding carboxylic acids is 1. The van der Waals surface area contributed by atoms with Gasteiger partial charge in [0.2, 0.25) is 0 Å². The molecule has 3 N–H and O–H groups in total. The van der Waals surface area contributed by atoms with Crippen molar-refractivity contribution in [3.63, 3.8) is 0 Å². The Morgan fingerprint density at radius 1 is 0.788 bits per heavy atom. The fraction of sp³-hybridized carbons (Fsp3) is 0.885. The average molecular weight is 473 g/mol. The SMILES string of the molecule is CCCCCCCC/C=C\CCCCCCCC(=O)OC[C@H]1OC(OCC)[C@H](O)[C@@H](O)[C@@H]1O. The molecule has 1 rings (SSSR count). The molecule has 0 aliphatic carbocycles. The highest BCUT2D eigenvalue weighted by atomic mass is 16.7. The van der Waals surface area contributed by atoms with Crippen LogP contribution in [0.2, 0.25) is 0 Å². The van der Waals surface area contributed by atoms with Crippen LogP contribution in [0.25, 0.3) is 0 Å². The maximum absolute atomic E-state index is 12.0. The molecule has 0 aromatic heterocycles. The minimum Gasteiger partial charge on any atom is -0.463 e. The summed E-state index contributed by atoms with van der Waals surface area (Å²) in [6.07, 6.45) is 14.4. The molecular formula is C26H48O7. The predicted octanol–water partition coefficient (Wildman–Crippen LogP) is 4.41. The van der Waals surface area contributed by atoms with Gasteiger partial charge < -0.3 is 29.5 Å². The number of unbranched alkanes of at least 4 members (excludes halogenated alkanes) is 11. The molecule has 33 heavy (non-hydrogen) atoms. The van der Waals surface area contributed by atoms with Gasteiger partial charge in [0.25, 0.3) is 0 Å². The third-order valence-electron chi connectivity index (χ3n) is 6.05. The third-order valence-corrected chi connectivity index (χ3v) is 6.05. The summed E-state index contributed by atoms with van der Waals surface area (Å²) in [5.74, 6) is -0.350. The van der Waals surface area contributed by atoms with E-state index in [9.17, 15) is 20.1 Å². The van der Waals surface area contributed by atoms with E-state index in [1.165, 1.54) is 51.4 Å². The largest absolute Gasteiger partial charge is 0.463 e. The van der Waals surface area contributed by atoms with E-state index in [-0.39, 0.29) is 19.2 Å². The van der Waals surface area contributed by atoms with Crippen molar-refractivity contribution in [2.24, 2.45) is 0 Å². The minimum absolute atomic E-state index is 0.182. The van der Waals surface area contributed by atoms with Crippen molar-refractivity contribution in [3.05, 3.63) is 12.2 Å². The van der Waals surface area contributed by atoms with Gasteiger partial charge in [-0.2, -0.15) is 0 Å². The Morgan fingerprint density at radius 3 is 1.97 bits per heavy atom. The third kappa shape index (κ3) is 13.5. The number of hydrogen-bond donors (Lipinski definition) is 3. The molecule has 1 saturated heterocycles. The van der Waals surface area contributed by atoms with Crippen LogP contribution >= 0.6 is 0 Å². The van der Waals surface area contributed by atoms with E-state index in [0.29, 0.717) is 6.42 Å². The lowest BCUT2D eigenvalue weighted by atomic mass is 9.99. The normalized spacial score (nSPS) is 25.5. The van der Waals surface area contributed by atoms with Gasteiger partial charge in [-0.25, -0.2) is 0 Å². The molecular weight excluding hydrogens is 424 g/mol. The Morgan fingerprint density at radius 2 is 1.36 bits per heavy atom. The van der Waals surface area contributed by atoms with E-state index >= 15 is 0 Å². The monoisotopic (exact) mass is 472 g/mol. The van der Waals surface area contributed by atoms with E-state index in [4.69, 9.17) is 14.2 Å². The quantitative estimate of drug-likeness (QED) is 0.145. The summed E-state index contributed by atoms with van der Waals surface area (Å²) < 4.78 is 15.9. The van der Waals surface area contributed by atoms with E-state index in [0.717, 1.165) is 32.1 Å². The molecule has 0 radical (unpaired) electrons. The second-order valence-corrected chi connectivity index (χ2v) is 8.99. The number of rotatable bonds is 19. The van der Waals surface area contributed by atoms with Crippen molar-refractivity contribution >= 4 is 5.97 Å². The van der Waals surface area contributed by atoms with E-state index in [1.807, 2.05) is 0 Å². The number of esters is 1. The van der Waals surface area contributed by atoms with Gasteiger partial charge >= 0.3 is 5.97 Å². The molecule has 0 aromatic carbocycles. The first kappa shape index (κ1) is 30.0. The number of allylic oxidation sites excluding steroid dienone is 2. The van der Waals surface area contributed by atoms with Crippen LogP contribution in [-0.2, 0) is 19.0 Å². The zero-order chi connectivity index (χ0) is 24.3. The number of aliphatic hydroxyl groups is 3. The van der Waals surface area contributed by atoms with Crippen molar-refractivity contribution in [2.45, 2.75) is 134 Å². The smallest absolute Gasteiger partial charge is 0.305 e. The summed E-state index contributed by atoms with van der Waals surface area (Å²) in [6.45, 7) is 4.08. The van der Waals surface area contributed by atoms with Crippen LogP contribution in [-0.4, -0.2) is 65.2 Å². The van der Waals surface area contributed by atoms with Gasteiger partial charge in [-0.3, -0.25) is 4.79 Å². The number of hydrogen-bond acceptors (Lipinski definition) is 7. The van der Waals surface area contributed by atoms with Crippen molar-refractivity contribution in [1.82, 2.24) is 0 Å². The average Bonchev–Trinajstić information content (AvgIpc) is 2.81. The molecule has 5 atom stereocenters. The van der Waals surface area contributed by atoms with Gasteiger partial charge in [0.1, 0.15) is 31.0 Å². The summed E-state index contributed by atoms with van der Waals surface area (Å²) in [5, 5.41) is 29.8. The lowest BCUT2D eigenvalue weighted by molar-refractivity contribution is -0.300. The highest BCUT2D eigenvalue weighted by Crippen LogP contribution is 2.22. The highest BCUT2D eigenvalue weighted by molar-refractivity contribution is 5.69. The van der Waals surface area contributed by atoms with Crippen molar-refractivity contribution in [3.8, 4) is 0 Å². The Balaban J connectivity index is 2.00. The molecule has 1 aliphatic heterocycles. The summed E-state index contributed by atoms with van der Waals surface area (Å²) in [7, 11) is 0. The lowest BCUT2D eigenvalue weighted by Gasteiger charge is -2.39. The van der Waals surface area contributed by atoms with Crippen LogP contribution in [0.15, 0.2) is 12.2 Å². The Kier molecular flexibility index (Phi) is 17.6. The standard InChI is InChI=1S/C26H48O7/c1-3-5-6-7-8-9-10-11-12-13-14-15-16-17-18-19-22(27)32-20-21-23(28)24(29)25(30)26(33-21)31-4-2/h11-12,21,23-26,28-30H,3-10,13-20H2,1-2H3/b12-11-/t21-,23-,24+,25-,26?/m1/s1. The fourth-order valence-electron chi connectivity index (χ4n) is 3.94. The molecule has 0 saturated carbocycles. The van der Waals surface area contributed by atoms with Crippen LogP contribution in [0.5, 0.6) is 0 Å². The molecule has 0 amide bonds. The Bertz CT molecular complexity index is 511. The van der Waals surface area contributed by atoms with Gasteiger partial charge in [0.15, 0.2) is 6.29 Å². The number of carbonyl (C=O) groups is 1. The van der Waals surface area contributed by atoms with Crippen molar-refractivity contribution < 1.29 is 34.3 Å². The van der Waals surface area contributed by atoms with Crippen LogP contribution in [0, 0.1) is 0 Å². The van der Waals surface area contributed by atoms with Gasteiger partial charge in [-0.15, -0.1) is 0 Å². The molecule has 1 unspecified atom stereocenters. The molecule has 1 heterocycles. The summed E-state index contributed by atoms with van der Waals surface area (Å²) in [6, 6.07) is 0. The number of ether oxygens (including phenoxy) is 3. The van der Waals surface area contributed by atoms with E-state index in [1.54, 1.807) is 6.92 Å². The summed E-state index contributed by atoms with van der Waals surface area (Å²) in [4.78, 5) is 12.0. The predicted molar refractivity (Wildman–Crippen MR) is 129 cm³/mol. The first-order chi connectivity index (χ1) is 16.0. The Hall–Kier alpha value is -0.990. The second-order valence-electron chi connectivity index (χ2n) is 8.99. The lowest BCUT2D eigenvalue weighted by Crippen LogP contribution is -2.59. The highest BCUT2D eigenvalue weighted by Gasteiger charge is 2.44. The van der Waals surface area contributed by atoms with Gasteiger partial charge in [-0.05, 0) is 39.0 Å². The summed E-state index contributed by atoms with van der Waals surface area (Å²) >= 11 is 0. The molecule has 7 heteroatoms. The van der Waals surface area contributed by atoms with Crippen LogP contribution in [0.1, 0.15) is 104 Å². The zero-order valence-electron chi connectivity index (χ0n) is 20.8. The second kappa shape index (κ2) is 19.3. The molecule has 0 spiro atoms. The summed E-state index contributed by atoms with van der Waals surface area (Å²) in [5.41, 5.74) is 0. The first-order valence-electron chi connectivity index (χ1n) is 13.1. The van der Waals surface area contributed by atoms with E-state index in [2.05, 4.69) is 19.1 Å². The molecule has 7 nitrogen and oxygen atoms in total. The zero-order valence-corrected chi connectivity index (χ0v) is 20.8. The van der Waals surface area contributed by atoms with Gasteiger partial charge in [0.05, 0.1) is 0 Å². The van der Waals surface area contributed by atoms with E-state index < -0.39 is 30.7 Å². The maximum atomic E-state index is 12.0. The molecule has 0 aromatic rings.